The fourth-order valence-electron chi connectivity index (χ4n) is 3.33. The van der Waals surface area contributed by atoms with Crippen LogP contribution < -0.4 is 4.90 Å². The van der Waals surface area contributed by atoms with Crippen LogP contribution in [0.3, 0.4) is 0 Å². The number of piperazine rings is 1. The topological polar surface area (TPSA) is 48.9 Å². The summed E-state index contributed by atoms with van der Waals surface area (Å²) in [6.07, 6.45) is 2.61. The fraction of sp³-hybridized carbons (Fsp3) is 0.625. The Balaban J connectivity index is 1.52. The van der Waals surface area contributed by atoms with Crippen LogP contribution in [0.2, 0.25) is 5.02 Å². The Labute approximate surface area is 142 Å². The van der Waals surface area contributed by atoms with Gasteiger partial charge in [0, 0.05) is 51.5 Å². The molecule has 1 atom stereocenters. The average Bonchev–Trinajstić information content (AvgIpc) is 3.06. The van der Waals surface area contributed by atoms with Crippen LogP contribution in [0.4, 0.5) is 10.6 Å². The summed E-state index contributed by atoms with van der Waals surface area (Å²) in [7, 11) is 0. The van der Waals surface area contributed by atoms with Gasteiger partial charge in [-0.2, -0.15) is 0 Å². The predicted molar refractivity (Wildman–Crippen MR) is 90.0 cm³/mol. The van der Waals surface area contributed by atoms with Gasteiger partial charge in [0.2, 0.25) is 0 Å². The molecule has 7 heteroatoms. The maximum absolute atomic E-state index is 11.8. The zero-order valence-electron chi connectivity index (χ0n) is 13.4. The van der Waals surface area contributed by atoms with Crippen molar-refractivity contribution in [3.63, 3.8) is 0 Å². The third-order valence-corrected chi connectivity index (χ3v) is 4.85. The Morgan fingerprint density at radius 2 is 2.13 bits per heavy atom. The number of carbonyl (C=O) groups excluding carboxylic acids is 1. The van der Waals surface area contributed by atoms with E-state index in [1.807, 2.05) is 24.0 Å². The number of likely N-dealkylation sites (tertiary alicyclic amines) is 1. The Morgan fingerprint density at radius 1 is 1.35 bits per heavy atom. The molecular formula is C16H23ClN4O2. The average molecular weight is 339 g/mol. The number of anilines is 1. The molecule has 0 N–H and O–H groups in total. The number of rotatable bonds is 3. The van der Waals surface area contributed by atoms with Crippen molar-refractivity contribution in [2.24, 2.45) is 0 Å². The van der Waals surface area contributed by atoms with E-state index in [1.165, 1.54) is 0 Å². The summed E-state index contributed by atoms with van der Waals surface area (Å²) in [6, 6.07) is 4.16. The SMILES string of the molecule is CCOC(=O)N1CC[C@@H](N2CCN(c3ncccc3Cl)CC2)C1. The smallest absolute Gasteiger partial charge is 0.409 e. The zero-order valence-corrected chi connectivity index (χ0v) is 14.2. The molecule has 2 aliphatic rings. The van der Waals surface area contributed by atoms with E-state index in [9.17, 15) is 4.79 Å². The van der Waals surface area contributed by atoms with Gasteiger partial charge in [0.15, 0.2) is 0 Å². The second kappa shape index (κ2) is 7.36. The minimum absolute atomic E-state index is 0.186. The lowest BCUT2D eigenvalue weighted by Gasteiger charge is -2.38. The van der Waals surface area contributed by atoms with Gasteiger partial charge in [-0.3, -0.25) is 4.90 Å². The Kier molecular flexibility index (Phi) is 5.23. The zero-order chi connectivity index (χ0) is 16.2. The number of ether oxygens (including phenoxy) is 1. The lowest BCUT2D eigenvalue weighted by molar-refractivity contribution is 0.110. The molecule has 1 aromatic rings. The number of hydrogen-bond acceptors (Lipinski definition) is 5. The van der Waals surface area contributed by atoms with Crippen molar-refractivity contribution in [2.75, 3.05) is 50.8 Å². The standard InChI is InChI=1S/C16H23ClN4O2/c1-2-23-16(22)21-7-5-13(12-21)19-8-10-20(11-9-19)15-14(17)4-3-6-18-15/h3-4,6,13H,2,5,7-12H2,1H3/t13-/m1/s1. The summed E-state index contributed by atoms with van der Waals surface area (Å²) < 4.78 is 5.09. The second-order valence-electron chi connectivity index (χ2n) is 5.92. The summed E-state index contributed by atoms with van der Waals surface area (Å²) in [4.78, 5) is 22.7. The molecule has 0 unspecified atom stereocenters. The molecular weight excluding hydrogens is 316 g/mol. The molecule has 0 aliphatic carbocycles. The molecule has 6 nitrogen and oxygen atoms in total. The first-order valence-corrected chi connectivity index (χ1v) is 8.58. The van der Waals surface area contributed by atoms with Crippen molar-refractivity contribution in [1.29, 1.82) is 0 Å². The highest BCUT2D eigenvalue weighted by molar-refractivity contribution is 6.32. The van der Waals surface area contributed by atoms with E-state index >= 15 is 0 Å². The van der Waals surface area contributed by atoms with E-state index in [1.54, 1.807) is 6.20 Å². The number of halogens is 1. The number of hydrogen-bond donors (Lipinski definition) is 0. The molecule has 2 aliphatic heterocycles. The quantitative estimate of drug-likeness (QED) is 0.844. The molecule has 2 fully saturated rings. The number of carbonyl (C=O) groups is 1. The van der Waals surface area contributed by atoms with Crippen LogP contribution in [0.25, 0.3) is 0 Å². The van der Waals surface area contributed by atoms with Crippen molar-refractivity contribution in [3.05, 3.63) is 23.4 Å². The van der Waals surface area contributed by atoms with Gasteiger partial charge in [-0.25, -0.2) is 9.78 Å². The first-order chi connectivity index (χ1) is 11.2. The van der Waals surface area contributed by atoms with Crippen LogP contribution in [0.15, 0.2) is 18.3 Å². The van der Waals surface area contributed by atoms with Gasteiger partial charge in [0.1, 0.15) is 5.82 Å². The normalized spacial score (nSPS) is 22.4. The van der Waals surface area contributed by atoms with Gasteiger partial charge in [-0.05, 0) is 25.5 Å². The molecule has 3 rings (SSSR count). The first-order valence-electron chi connectivity index (χ1n) is 8.20. The van der Waals surface area contributed by atoms with Crippen LogP contribution in [0, 0.1) is 0 Å². The van der Waals surface area contributed by atoms with Gasteiger partial charge in [0.05, 0.1) is 11.6 Å². The largest absolute Gasteiger partial charge is 0.450 e. The summed E-state index contributed by atoms with van der Waals surface area (Å²) in [5, 5.41) is 0.704. The van der Waals surface area contributed by atoms with E-state index in [0.29, 0.717) is 17.7 Å². The van der Waals surface area contributed by atoms with Crippen molar-refractivity contribution in [2.45, 2.75) is 19.4 Å². The predicted octanol–water partition coefficient (Wildman–Crippen LogP) is 2.09. The molecule has 1 amide bonds. The number of amides is 1. The van der Waals surface area contributed by atoms with E-state index in [4.69, 9.17) is 16.3 Å². The van der Waals surface area contributed by atoms with Crippen molar-refractivity contribution in [1.82, 2.24) is 14.8 Å². The van der Waals surface area contributed by atoms with Crippen LogP contribution in [0.1, 0.15) is 13.3 Å². The van der Waals surface area contributed by atoms with E-state index in [-0.39, 0.29) is 6.09 Å². The molecule has 0 spiro atoms. The first kappa shape index (κ1) is 16.3. The van der Waals surface area contributed by atoms with Gasteiger partial charge < -0.3 is 14.5 Å². The fourth-order valence-corrected chi connectivity index (χ4v) is 3.57. The second-order valence-corrected chi connectivity index (χ2v) is 6.33. The van der Waals surface area contributed by atoms with E-state index < -0.39 is 0 Å². The Hall–Kier alpha value is -1.53. The van der Waals surface area contributed by atoms with Gasteiger partial charge >= 0.3 is 6.09 Å². The van der Waals surface area contributed by atoms with Crippen molar-refractivity contribution in [3.8, 4) is 0 Å². The highest BCUT2D eigenvalue weighted by atomic mass is 35.5. The third-order valence-electron chi connectivity index (χ3n) is 4.56. The Bertz CT molecular complexity index is 549. The molecule has 3 heterocycles. The summed E-state index contributed by atoms with van der Waals surface area (Å²) in [5.74, 6) is 0.869. The highest BCUT2D eigenvalue weighted by Crippen LogP contribution is 2.25. The Morgan fingerprint density at radius 3 is 2.83 bits per heavy atom. The van der Waals surface area contributed by atoms with E-state index in [2.05, 4.69) is 14.8 Å². The minimum atomic E-state index is -0.186. The lowest BCUT2D eigenvalue weighted by Crippen LogP contribution is -2.51. The van der Waals surface area contributed by atoms with Crippen LogP contribution in [-0.2, 0) is 4.74 Å². The van der Waals surface area contributed by atoms with Crippen molar-refractivity contribution >= 4 is 23.5 Å². The molecule has 0 radical (unpaired) electrons. The highest BCUT2D eigenvalue weighted by Gasteiger charge is 2.33. The third kappa shape index (κ3) is 3.70. The van der Waals surface area contributed by atoms with Crippen molar-refractivity contribution < 1.29 is 9.53 Å². The van der Waals surface area contributed by atoms with Crippen LogP contribution in [-0.4, -0.2) is 72.8 Å². The van der Waals surface area contributed by atoms with Gasteiger partial charge in [-0.1, -0.05) is 11.6 Å². The number of pyridine rings is 1. The molecule has 0 bridgehead atoms. The monoisotopic (exact) mass is 338 g/mol. The summed E-state index contributed by atoms with van der Waals surface area (Å²) >= 11 is 6.23. The minimum Gasteiger partial charge on any atom is -0.450 e. The van der Waals surface area contributed by atoms with Crippen LogP contribution in [0.5, 0.6) is 0 Å². The molecule has 1 aromatic heterocycles. The summed E-state index contributed by atoms with van der Waals surface area (Å²) in [5.41, 5.74) is 0. The molecule has 2 saturated heterocycles. The van der Waals surface area contributed by atoms with Gasteiger partial charge in [0.25, 0.3) is 0 Å². The maximum Gasteiger partial charge on any atom is 0.409 e. The molecule has 0 saturated carbocycles. The maximum atomic E-state index is 11.8. The van der Waals surface area contributed by atoms with Gasteiger partial charge in [-0.15, -0.1) is 0 Å². The lowest BCUT2D eigenvalue weighted by atomic mass is 10.2. The number of aromatic nitrogens is 1. The van der Waals surface area contributed by atoms with Crippen LogP contribution >= 0.6 is 11.6 Å². The molecule has 126 valence electrons. The molecule has 23 heavy (non-hydrogen) atoms. The van der Waals surface area contributed by atoms with E-state index in [0.717, 1.165) is 51.5 Å². The molecule has 0 aromatic carbocycles. The number of nitrogens with zero attached hydrogens (tertiary/aromatic N) is 4. The summed E-state index contributed by atoms with van der Waals surface area (Å²) in [6.45, 7) is 7.58.